The van der Waals surface area contributed by atoms with E-state index in [2.05, 4.69) is 39.4 Å². The largest absolute Gasteiger partial charge is 0.424 e. The molecule has 1 aromatic heterocycles. The SMILES string of the molecule is Cc1nnc([C@@H]2Cc3ccccc3CN2CCN2CCCC2=O)o1. The molecule has 3 heterocycles. The Kier molecular flexibility index (Phi) is 4.06. The zero-order chi connectivity index (χ0) is 16.5. The lowest BCUT2D eigenvalue weighted by molar-refractivity contribution is -0.128. The summed E-state index contributed by atoms with van der Waals surface area (Å²) in [4.78, 5) is 16.2. The fourth-order valence-corrected chi connectivity index (χ4v) is 3.69. The van der Waals surface area contributed by atoms with Crippen molar-refractivity contribution in [1.29, 1.82) is 0 Å². The van der Waals surface area contributed by atoms with Gasteiger partial charge in [0.1, 0.15) is 0 Å². The van der Waals surface area contributed by atoms with Crippen LogP contribution < -0.4 is 0 Å². The molecule has 4 rings (SSSR count). The summed E-state index contributed by atoms with van der Waals surface area (Å²) < 4.78 is 5.72. The van der Waals surface area contributed by atoms with Crippen LogP contribution in [-0.4, -0.2) is 45.5 Å². The van der Waals surface area contributed by atoms with Gasteiger partial charge in [0.15, 0.2) is 0 Å². The van der Waals surface area contributed by atoms with E-state index in [1.165, 1.54) is 11.1 Å². The van der Waals surface area contributed by atoms with Crippen molar-refractivity contribution in [2.24, 2.45) is 0 Å². The van der Waals surface area contributed by atoms with E-state index < -0.39 is 0 Å². The molecule has 0 bridgehead atoms. The number of benzene rings is 1. The topological polar surface area (TPSA) is 62.5 Å². The Bertz CT molecular complexity index is 742. The molecule has 2 aromatic rings. The minimum Gasteiger partial charge on any atom is -0.424 e. The summed E-state index contributed by atoms with van der Waals surface area (Å²) in [5, 5.41) is 8.24. The van der Waals surface area contributed by atoms with Crippen LogP contribution in [0.25, 0.3) is 0 Å². The first-order valence-electron chi connectivity index (χ1n) is 8.59. The molecule has 1 fully saturated rings. The average molecular weight is 326 g/mol. The van der Waals surface area contributed by atoms with Gasteiger partial charge in [-0.1, -0.05) is 24.3 Å². The maximum absolute atomic E-state index is 11.9. The number of likely N-dealkylation sites (tertiary alicyclic amines) is 1. The molecular weight excluding hydrogens is 304 g/mol. The number of rotatable bonds is 4. The summed E-state index contributed by atoms with van der Waals surface area (Å²) in [6, 6.07) is 8.59. The maximum atomic E-state index is 11.9. The highest BCUT2D eigenvalue weighted by Crippen LogP contribution is 2.32. The summed E-state index contributed by atoms with van der Waals surface area (Å²) in [5.74, 6) is 1.55. The number of carbonyl (C=O) groups excluding carboxylic acids is 1. The molecule has 24 heavy (non-hydrogen) atoms. The van der Waals surface area contributed by atoms with Gasteiger partial charge in [0.25, 0.3) is 0 Å². The van der Waals surface area contributed by atoms with Crippen molar-refractivity contribution in [1.82, 2.24) is 20.0 Å². The molecule has 0 radical (unpaired) electrons. The lowest BCUT2D eigenvalue weighted by atomic mass is 9.94. The first kappa shape index (κ1) is 15.3. The molecule has 0 N–H and O–H groups in total. The van der Waals surface area contributed by atoms with Crippen LogP contribution >= 0.6 is 0 Å². The van der Waals surface area contributed by atoms with E-state index in [0.717, 1.165) is 39.0 Å². The lowest BCUT2D eigenvalue weighted by Crippen LogP contribution is -2.40. The summed E-state index contributed by atoms with van der Waals surface area (Å²) in [7, 11) is 0. The van der Waals surface area contributed by atoms with Gasteiger partial charge >= 0.3 is 0 Å². The van der Waals surface area contributed by atoms with Crippen LogP contribution in [0.5, 0.6) is 0 Å². The van der Waals surface area contributed by atoms with Gasteiger partial charge in [0, 0.05) is 39.5 Å². The van der Waals surface area contributed by atoms with Crippen molar-refractivity contribution in [3.63, 3.8) is 0 Å². The number of amides is 1. The van der Waals surface area contributed by atoms with Crippen molar-refractivity contribution in [3.8, 4) is 0 Å². The molecule has 1 amide bonds. The molecule has 2 aliphatic heterocycles. The molecule has 0 unspecified atom stereocenters. The minimum atomic E-state index is 0.0822. The van der Waals surface area contributed by atoms with Crippen LogP contribution in [0.4, 0.5) is 0 Å². The van der Waals surface area contributed by atoms with Gasteiger partial charge in [-0.15, -0.1) is 10.2 Å². The Morgan fingerprint density at radius 2 is 2.04 bits per heavy atom. The first-order chi connectivity index (χ1) is 11.7. The predicted octanol–water partition coefficient (Wildman–Crippen LogP) is 2.10. The third-order valence-electron chi connectivity index (χ3n) is 5.00. The van der Waals surface area contributed by atoms with E-state index in [4.69, 9.17) is 4.42 Å². The molecular formula is C18H22N4O2. The highest BCUT2D eigenvalue weighted by Gasteiger charge is 2.32. The molecule has 1 aromatic carbocycles. The monoisotopic (exact) mass is 326 g/mol. The van der Waals surface area contributed by atoms with Gasteiger partial charge in [-0.3, -0.25) is 9.69 Å². The Hall–Kier alpha value is -2.21. The first-order valence-corrected chi connectivity index (χ1v) is 8.59. The summed E-state index contributed by atoms with van der Waals surface area (Å²) in [6.45, 7) is 5.15. The second kappa shape index (κ2) is 6.36. The second-order valence-corrected chi connectivity index (χ2v) is 6.60. The molecule has 2 aliphatic rings. The number of aromatic nitrogens is 2. The predicted molar refractivity (Wildman–Crippen MR) is 88.1 cm³/mol. The number of carbonyl (C=O) groups is 1. The van der Waals surface area contributed by atoms with E-state index in [-0.39, 0.29) is 11.9 Å². The number of nitrogens with zero attached hydrogens (tertiary/aromatic N) is 4. The van der Waals surface area contributed by atoms with Crippen LogP contribution in [0, 0.1) is 6.92 Å². The van der Waals surface area contributed by atoms with Crippen LogP contribution in [-0.2, 0) is 17.8 Å². The highest BCUT2D eigenvalue weighted by atomic mass is 16.4. The Morgan fingerprint density at radius 3 is 2.75 bits per heavy atom. The van der Waals surface area contributed by atoms with Crippen molar-refractivity contribution in [2.75, 3.05) is 19.6 Å². The van der Waals surface area contributed by atoms with Gasteiger partial charge in [-0.2, -0.15) is 0 Å². The Labute approximate surface area is 141 Å². The van der Waals surface area contributed by atoms with E-state index in [9.17, 15) is 4.79 Å². The van der Waals surface area contributed by atoms with Crippen molar-refractivity contribution in [2.45, 2.75) is 38.8 Å². The highest BCUT2D eigenvalue weighted by molar-refractivity contribution is 5.78. The van der Waals surface area contributed by atoms with Gasteiger partial charge in [0.2, 0.25) is 17.7 Å². The third-order valence-corrected chi connectivity index (χ3v) is 5.00. The van der Waals surface area contributed by atoms with Crippen molar-refractivity contribution >= 4 is 5.91 Å². The number of hydrogen-bond acceptors (Lipinski definition) is 5. The average Bonchev–Trinajstić information content (AvgIpc) is 3.20. The van der Waals surface area contributed by atoms with E-state index in [1.807, 2.05) is 11.8 Å². The molecule has 6 heteroatoms. The standard InChI is InChI=1S/C18H22N4O2/c1-13-19-20-18(24-13)16-11-14-5-2-3-6-15(14)12-22(16)10-9-21-8-4-7-17(21)23/h2-3,5-6,16H,4,7-12H2,1H3/t16-/m0/s1. The van der Waals surface area contributed by atoms with Crippen LogP contribution in [0.15, 0.2) is 28.7 Å². The fourth-order valence-electron chi connectivity index (χ4n) is 3.69. The smallest absolute Gasteiger partial charge is 0.233 e. The van der Waals surface area contributed by atoms with Crippen LogP contribution in [0.1, 0.15) is 41.8 Å². The molecule has 0 spiro atoms. The molecule has 126 valence electrons. The normalized spacial score (nSPS) is 21.3. The Balaban J connectivity index is 1.55. The zero-order valence-corrected chi connectivity index (χ0v) is 13.9. The number of hydrogen-bond donors (Lipinski definition) is 0. The summed E-state index contributed by atoms with van der Waals surface area (Å²) in [5.41, 5.74) is 2.68. The van der Waals surface area contributed by atoms with E-state index in [1.54, 1.807) is 0 Å². The molecule has 0 aliphatic carbocycles. The number of aryl methyl sites for hydroxylation is 1. The van der Waals surface area contributed by atoms with Gasteiger partial charge in [-0.25, -0.2) is 0 Å². The molecule has 1 atom stereocenters. The van der Waals surface area contributed by atoms with Crippen LogP contribution in [0.3, 0.4) is 0 Å². The van der Waals surface area contributed by atoms with Gasteiger partial charge in [-0.05, 0) is 24.0 Å². The van der Waals surface area contributed by atoms with Gasteiger partial charge in [0.05, 0.1) is 6.04 Å². The number of fused-ring (bicyclic) bond motifs is 1. The maximum Gasteiger partial charge on any atom is 0.233 e. The third kappa shape index (κ3) is 2.94. The fraction of sp³-hybridized carbons (Fsp3) is 0.500. The summed E-state index contributed by atoms with van der Waals surface area (Å²) in [6.07, 6.45) is 2.54. The Morgan fingerprint density at radius 1 is 1.21 bits per heavy atom. The van der Waals surface area contributed by atoms with Crippen LogP contribution in [0.2, 0.25) is 0 Å². The second-order valence-electron chi connectivity index (χ2n) is 6.60. The molecule has 0 saturated carbocycles. The van der Waals surface area contributed by atoms with Gasteiger partial charge < -0.3 is 9.32 Å². The minimum absolute atomic E-state index is 0.0822. The van der Waals surface area contributed by atoms with Crippen molar-refractivity contribution in [3.05, 3.63) is 47.2 Å². The summed E-state index contributed by atoms with van der Waals surface area (Å²) >= 11 is 0. The molecule has 6 nitrogen and oxygen atoms in total. The molecule has 1 saturated heterocycles. The zero-order valence-electron chi connectivity index (χ0n) is 13.9. The van der Waals surface area contributed by atoms with E-state index >= 15 is 0 Å². The van der Waals surface area contributed by atoms with E-state index in [0.29, 0.717) is 18.2 Å². The van der Waals surface area contributed by atoms with Crippen molar-refractivity contribution < 1.29 is 9.21 Å². The lowest BCUT2D eigenvalue weighted by Gasteiger charge is -2.35. The quantitative estimate of drug-likeness (QED) is 0.861.